The number of carbonyl (C=O) groups excluding carboxylic acids is 1. The van der Waals surface area contributed by atoms with Gasteiger partial charge in [0, 0.05) is 6.20 Å². The summed E-state index contributed by atoms with van der Waals surface area (Å²) in [5, 5.41) is 8.65. The van der Waals surface area contributed by atoms with Crippen LogP contribution in [0.25, 0.3) is 0 Å². The van der Waals surface area contributed by atoms with Crippen LogP contribution < -0.4 is 4.74 Å². The fraction of sp³-hybridized carbons (Fsp3) is 0.111. The van der Waals surface area contributed by atoms with E-state index in [2.05, 4.69) is 9.72 Å². The molecule has 0 fully saturated rings. The zero-order valence-corrected chi connectivity index (χ0v) is 7.81. The Morgan fingerprint density at radius 3 is 2.93 bits per heavy atom. The molecule has 0 saturated heterocycles. The van der Waals surface area contributed by atoms with E-state index >= 15 is 0 Å². The first-order valence-electron chi connectivity index (χ1n) is 3.90. The van der Waals surface area contributed by atoms with Gasteiger partial charge in [0.15, 0.2) is 5.75 Å². The number of carbonyl (C=O) groups is 1. The van der Waals surface area contributed by atoms with Gasteiger partial charge < -0.3 is 14.6 Å². The maximum atomic E-state index is 13.0. The molecule has 5 nitrogen and oxygen atoms in total. The van der Waals surface area contributed by atoms with E-state index in [-0.39, 0.29) is 5.75 Å². The molecule has 0 amide bonds. The van der Waals surface area contributed by atoms with Crippen LogP contribution >= 0.6 is 0 Å². The summed E-state index contributed by atoms with van der Waals surface area (Å²) >= 11 is 0. The summed E-state index contributed by atoms with van der Waals surface area (Å²) in [6.45, 7) is 0. The summed E-state index contributed by atoms with van der Waals surface area (Å²) in [5.41, 5.74) is 0. The second-order valence-corrected chi connectivity index (χ2v) is 2.38. The molecule has 0 spiro atoms. The van der Waals surface area contributed by atoms with Gasteiger partial charge in [-0.25, -0.2) is 9.78 Å². The smallest absolute Gasteiger partial charge is 0.377 e. The molecule has 80 valence electrons. The number of esters is 1. The molecular weight excluding hydrogens is 205 g/mol. The Morgan fingerprint density at radius 1 is 1.67 bits per heavy atom. The molecular formula is C9H8FNO4. The van der Waals surface area contributed by atoms with E-state index in [0.29, 0.717) is 6.26 Å². The molecule has 0 bridgehead atoms. The fourth-order valence-electron chi connectivity index (χ4n) is 0.787. The lowest BCUT2D eigenvalue weighted by atomic mass is 10.4. The van der Waals surface area contributed by atoms with Gasteiger partial charge in [0.05, 0.1) is 7.11 Å². The lowest BCUT2D eigenvalue weighted by molar-refractivity contribution is -0.138. The van der Waals surface area contributed by atoms with Gasteiger partial charge in [-0.3, -0.25) is 0 Å². The Hall–Kier alpha value is -2.11. The van der Waals surface area contributed by atoms with Gasteiger partial charge in [0.25, 0.3) is 5.95 Å². The summed E-state index contributed by atoms with van der Waals surface area (Å²) in [6, 6.07) is 2.68. The molecule has 1 rings (SSSR count). The van der Waals surface area contributed by atoms with Crippen LogP contribution in [0.3, 0.4) is 0 Å². The van der Waals surface area contributed by atoms with Crippen molar-refractivity contribution < 1.29 is 23.8 Å². The number of halogens is 1. The molecule has 1 N–H and O–H groups in total. The number of rotatable bonds is 3. The molecule has 0 aromatic carbocycles. The number of aliphatic hydroxyl groups is 1. The monoisotopic (exact) mass is 213 g/mol. The second kappa shape index (κ2) is 4.94. The maximum Gasteiger partial charge on any atom is 0.377 e. The Balaban J connectivity index is 2.86. The number of nitrogens with zero attached hydrogens (tertiary/aromatic N) is 1. The van der Waals surface area contributed by atoms with Crippen LogP contribution in [0.1, 0.15) is 0 Å². The van der Waals surface area contributed by atoms with Crippen molar-refractivity contribution in [3.8, 4) is 5.75 Å². The van der Waals surface area contributed by atoms with Crippen LogP contribution in [-0.4, -0.2) is 23.2 Å². The molecule has 1 aromatic heterocycles. The van der Waals surface area contributed by atoms with Gasteiger partial charge in [-0.1, -0.05) is 0 Å². The highest BCUT2D eigenvalue weighted by molar-refractivity contribution is 5.86. The fourth-order valence-corrected chi connectivity index (χ4v) is 0.787. The van der Waals surface area contributed by atoms with Crippen molar-refractivity contribution in [1.82, 2.24) is 4.98 Å². The molecule has 0 saturated carbocycles. The van der Waals surface area contributed by atoms with Crippen LogP contribution in [-0.2, 0) is 9.53 Å². The average molecular weight is 213 g/mol. The van der Waals surface area contributed by atoms with E-state index in [0.717, 1.165) is 7.11 Å². The maximum absolute atomic E-state index is 13.0. The molecule has 0 aliphatic carbocycles. The van der Waals surface area contributed by atoms with E-state index in [1.807, 2.05) is 0 Å². The molecule has 0 atom stereocenters. The largest absolute Gasteiger partial charge is 0.511 e. The molecule has 1 aromatic rings. The molecule has 0 unspecified atom stereocenters. The first-order valence-corrected chi connectivity index (χ1v) is 3.90. The van der Waals surface area contributed by atoms with Crippen molar-refractivity contribution in [2.75, 3.05) is 7.11 Å². The zero-order valence-electron chi connectivity index (χ0n) is 7.81. The Labute approximate surface area is 84.8 Å². The third-order valence-corrected chi connectivity index (χ3v) is 1.45. The van der Waals surface area contributed by atoms with Crippen molar-refractivity contribution in [2.24, 2.45) is 0 Å². The summed E-state index contributed by atoms with van der Waals surface area (Å²) in [6.07, 6.45) is 1.61. The highest BCUT2D eigenvalue weighted by Crippen LogP contribution is 2.16. The Bertz CT molecular complexity index is 391. The molecule has 15 heavy (non-hydrogen) atoms. The predicted molar refractivity (Wildman–Crippen MR) is 47.6 cm³/mol. The highest BCUT2D eigenvalue weighted by Gasteiger charge is 2.15. The van der Waals surface area contributed by atoms with E-state index in [1.54, 1.807) is 0 Å². The number of pyridine rings is 1. The first-order chi connectivity index (χ1) is 7.19. The van der Waals surface area contributed by atoms with Gasteiger partial charge in [0.2, 0.25) is 5.76 Å². The summed E-state index contributed by atoms with van der Waals surface area (Å²) in [5.74, 6) is -2.60. The molecule has 1 heterocycles. The SMILES string of the molecule is COC(=O)C(=CO)Oc1cccnc1F. The van der Waals surface area contributed by atoms with Gasteiger partial charge in [-0.2, -0.15) is 4.39 Å². The van der Waals surface area contributed by atoms with Crippen molar-refractivity contribution in [3.05, 3.63) is 36.3 Å². The van der Waals surface area contributed by atoms with Gasteiger partial charge in [-0.15, -0.1) is 0 Å². The van der Waals surface area contributed by atoms with Crippen molar-refractivity contribution in [2.45, 2.75) is 0 Å². The number of aliphatic hydroxyl groups excluding tert-OH is 1. The van der Waals surface area contributed by atoms with E-state index in [9.17, 15) is 9.18 Å². The normalized spacial score (nSPS) is 10.9. The van der Waals surface area contributed by atoms with Crippen molar-refractivity contribution >= 4 is 5.97 Å². The predicted octanol–water partition coefficient (Wildman–Crippen LogP) is 1.17. The average Bonchev–Trinajstić information content (AvgIpc) is 2.27. The van der Waals surface area contributed by atoms with E-state index in [4.69, 9.17) is 9.84 Å². The van der Waals surface area contributed by atoms with Crippen molar-refractivity contribution in [3.63, 3.8) is 0 Å². The quantitative estimate of drug-likeness (QED) is 0.353. The van der Waals surface area contributed by atoms with E-state index < -0.39 is 17.7 Å². The summed E-state index contributed by atoms with van der Waals surface area (Å²) in [7, 11) is 1.11. The summed E-state index contributed by atoms with van der Waals surface area (Å²) < 4.78 is 22.0. The third-order valence-electron chi connectivity index (χ3n) is 1.45. The Morgan fingerprint density at radius 2 is 2.40 bits per heavy atom. The van der Waals surface area contributed by atoms with Crippen molar-refractivity contribution in [1.29, 1.82) is 0 Å². The summed E-state index contributed by atoms with van der Waals surface area (Å²) in [4.78, 5) is 14.2. The first kappa shape index (κ1) is 11.0. The number of ether oxygens (including phenoxy) is 2. The van der Waals surface area contributed by atoms with Crippen LogP contribution in [0.2, 0.25) is 0 Å². The van der Waals surface area contributed by atoms with Crippen LogP contribution in [0.4, 0.5) is 4.39 Å². The van der Waals surface area contributed by atoms with E-state index in [1.165, 1.54) is 18.3 Å². The van der Waals surface area contributed by atoms with Crippen LogP contribution in [0.15, 0.2) is 30.4 Å². The number of methoxy groups -OCH3 is 1. The Kier molecular flexibility index (Phi) is 3.61. The van der Waals surface area contributed by atoms with Gasteiger partial charge in [0.1, 0.15) is 6.26 Å². The number of hydrogen-bond acceptors (Lipinski definition) is 5. The minimum absolute atomic E-state index is 0.275. The van der Waals surface area contributed by atoms with Gasteiger partial charge >= 0.3 is 5.97 Å². The lowest BCUT2D eigenvalue weighted by Gasteiger charge is -2.06. The lowest BCUT2D eigenvalue weighted by Crippen LogP contribution is -2.11. The minimum atomic E-state index is -0.916. The minimum Gasteiger partial charge on any atom is -0.511 e. The zero-order chi connectivity index (χ0) is 11.3. The molecule has 0 aliphatic rings. The molecule has 0 aliphatic heterocycles. The topological polar surface area (TPSA) is 68.7 Å². The number of hydrogen-bond donors (Lipinski definition) is 1. The molecule has 6 heteroatoms. The molecule has 0 radical (unpaired) electrons. The standard InChI is InChI=1S/C9H8FNO4/c1-14-9(13)7(5-12)15-6-3-2-4-11-8(6)10/h2-5,12H,1H3. The van der Waals surface area contributed by atoms with Crippen LogP contribution in [0.5, 0.6) is 5.75 Å². The second-order valence-electron chi connectivity index (χ2n) is 2.38. The highest BCUT2D eigenvalue weighted by atomic mass is 19.1. The van der Waals surface area contributed by atoms with Gasteiger partial charge in [-0.05, 0) is 12.1 Å². The third kappa shape index (κ3) is 2.67. The van der Waals surface area contributed by atoms with Crippen LogP contribution in [0, 0.1) is 5.95 Å². The number of aromatic nitrogens is 1.